The number of aliphatic imine (C=N–C) groups is 1. The fourth-order valence-electron chi connectivity index (χ4n) is 1.38. The fraction of sp³-hybridized carbons (Fsp3) is 0.375. The van der Waals surface area contributed by atoms with Gasteiger partial charge in [-0.15, -0.1) is 18.2 Å². The zero-order valence-electron chi connectivity index (χ0n) is 8.21. The van der Waals surface area contributed by atoms with Gasteiger partial charge in [0, 0.05) is 7.11 Å². The summed E-state index contributed by atoms with van der Waals surface area (Å²) in [4.78, 5) is 4.20. The second kappa shape index (κ2) is 4.23. The average molecular weight is 228 g/mol. The lowest BCUT2D eigenvalue weighted by Crippen LogP contribution is -2.42. The Hall–Kier alpha value is -1.02. The Bertz CT molecular complexity index is 353. The number of hydrogen-bond donors (Lipinski definition) is 3. The first-order valence-corrected chi connectivity index (χ1v) is 4.82. The van der Waals surface area contributed by atoms with Crippen molar-refractivity contribution in [2.24, 2.45) is 4.99 Å². The molecule has 6 nitrogen and oxygen atoms in total. The molecule has 0 aromatic heterocycles. The summed E-state index contributed by atoms with van der Waals surface area (Å²) in [6.07, 6.45) is 3.48. The quantitative estimate of drug-likeness (QED) is 0.576. The van der Waals surface area contributed by atoms with Gasteiger partial charge in [-0.2, -0.15) is 0 Å². The van der Waals surface area contributed by atoms with Gasteiger partial charge in [-0.1, -0.05) is 0 Å². The van der Waals surface area contributed by atoms with Gasteiger partial charge in [0.15, 0.2) is 5.82 Å². The molecule has 0 bridgehead atoms. The van der Waals surface area contributed by atoms with Gasteiger partial charge in [-0.25, -0.2) is 10.0 Å². The maximum Gasteiger partial charge on any atom is 0.167 e. The van der Waals surface area contributed by atoms with Crippen LogP contribution in [0, 0.1) is 0 Å². The van der Waals surface area contributed by atoms with E-state index in [0.29, 0.717) is 23.3 Å². The van der Waals surface area contributed by atoms with Crippen LogP contribution in [0.2, 0.25) is 0 Å². The van der Waals surface area contributed by atoms with E-state index in [2.05, 4.69) is 23.2 Å². The van der Waals surface area contributed by atoms with Crippen LogP contribution in [0.25, 0.3) is 0 Å². The summed E-state index contributed by atoms with van der Waals surface area (Å²) in [6, 6.07) is 0. The second-order valence-electron chi connectivity index (χ2n) is 3.07. The zero-order chi connectivity index (χ0) is 10.8. The first-order chi connectivity index (χ1) is 7.24. The highest BCUT2D eigenvalue weighted by Crippen LogP contribution is 2.22. The van der Waals surface area contributed by atoms with Crippen LogP contribution in [0.15, 0.2) is 28.8 Å². The van der Waals surface area contributed by atoms with Crippen molar-refractivity contribution in [3.05, 3.63) is 23.8 Å². The highest BCUT2D eigenvalue weighted by molar-refractivity contribution is 7.97. The Morgan fingerprint density at radius 1 is 1.67 bits per heavy atom. The normalized spacial score (nSPS) is 19.8. The molecule has 0 fully saturated rings. The van der Waals surface area contributed by atoms with Gasteiger partial charge in [0.1, 0.15) is 6.73 Å². The van der Waals surface area contributed by atoms with Gasteiger partial charge < -0.3 is 9.84 Å². The van der Waals surface area contributed by atoms with Crippen LogP contribution in [-0.2, 0) is 4.74 Å². The topological polar surface area (TPSA) is 60.3 Å². The molecule has 0 amide bonds. The molecule has 2 aliphatic rings. The Labute approximate surface area is 92.9 Å². The number of thiol groups is 1. The minimum atomic E-state index is -0.0786. The molecule has 82 valence electrons. The van der Waals surface area contributed by atoms with Gasteiger partial charge in [-0.05, 0) is 6.08 Å². The molecule has 0 saturated carbocycles. The van der Waals surface area contributed by atoms with Gasteiger partial charge in [-0.3, -0.25) is 5.01 Å². The summed E-state index contributed by atoms with van der Waals surface area (Å²) in [6.45, 7) is 0.320. The Morgan fingerprint density at radius 3 is 3.13 bits per heavy atom. The predicted octanol–water partition coefficient (Wildman–Crippen LogP) is -0.355. The van der Waals surface area contributed by atoms with Crippen LogP contribution < -0.4 is 5.53 Å². The molecule has 0 aromatic carbocycles. The molecule has 2 N–H and O–H groups in total. The number of nitrogens with one attached hydrogen (secondary N) is 1. The van der Waals surface area contributed by atoms with E-state index in [-0.39, 0.29) is 6.61 Å². The molecular weight excluding hydrogens is 216 g/mol. The van der Waals surface area contributed by atoms with E-state index in [4.69, 9.17) is 9.84 Å². The third-order valence-corrected chi connectivity index (χ3v) is 2.20. The van der Waals surface area contributed by atoms with Crippen molar-refractivity contribution in [3.63, 3.8) is 0 Å². The number of fused-ring (bicyclic) bond motifs is 1. The lowest BCUT2D eigenvalue weighted by molar-refractivity contribution is 0.0304. The van der Waals surface area contributed by atoms with E-state index >= 15 is 0 Å². The van der Waals surface area contributed by atoms with Gasteiger partial charge >= 0.3 is 0 Å². The molecule has 7 heteroatoms. The molecule has 0 saturated heterocycles. The highest BCUT2D eigenvalue weighted by atomic mass is 32.1. The van der Waals surface area contributed by atoms with Gasteiger partial charge in [0.25, 0.3) is 0 Å². The molecular formula is C8H12N4O2S. The number of ether oxygens (including phenoxy) is 1. The van der Waals surface area contributed by atoms with E-state index in [9.17, 15) is 0 Å². The number of aliphatic hydroxyl groups is 1. The lowest BCUT2D eigenvalue weighted by atomic mass is 10.3. The van der Waals surface area contributed by atoms with E-state index in [1.54, 1.807) is 29.4 Å². The Balaban J connectivity index is 2.20. The third kappa shape index (κ3) is 2.00. The standard InChI is InChI=1S/C8H12N4O2S/c1-14-5-11-3-7-9-8(15)2-6(4-13)12(7)10-11/h2-3,10,13H,4-5H2,1H3,(H,9,15). The number of rotatable bonds is 3. The molecule has 15 heavy (non-hydrogen) atoms. The maximum atomic E-state index is 9.16. The summed E-state index contributed by atoms with van der Waals surface area (Å²) in [5.74, 6) is 0.684. The summed E-state index contributed by atoms with van der Waals surface area (Å²) in [5.41, 5.74) is 3.69. The van der Waals surface area contributed by atoms with Crippen molar-refractivity contribution in [3.8, 4) is 0 Å². The van der Waals surface area contributed by atoms with Crippen molar-refractivity contribution < 1.29 is 9.84 Å². The second-order valence-corrected chi connectivity index (χ2v) is 3.53. The summed E-state index contributed by atoms with van der Waals surface area (Å²) >= 11 is 4.16. The smallest absolute Gasteiger partial charge is 0.167 e. The van der Waals surface area contributed by atoms with E-state index in [1.165, 1.54) is 0 Å². The minimum Gasteiger partial charge on any atom is -0.390 e. The van der Waals surface area contributed by atoms with Crippen LogP contribution >= 0.6 is 12.6 Å². The van der Waals surface area contributed by atoms with Crippen molar-refractivity contribution in [2.45, 2.75) is 0 Å². The van der Waals surface area contributed by atoms with Crippen molar-refractivity contribution in [1.29, 1.82) is 0 Å². The van der Waals surface area contributed by atoms with Gasteiger partial charge in [0.2, 0.25) is 0 Å². The molecule has 2 heterocycles. The van der Waals surface area contributed by atoms with Crippen LogP contribution in [0.4, 0.5) is 0 Å². The first kappa shape index (κ1) is 10.5. The first-order valence-electron chi connectivity index (χ1n) is 4.37. The largest absolute Gasteiger partial charge is 0.390 e. The molecule has 2 rings (SSSR count). The number of hydrogen-bond acceptors (Lipinski definition) is 6. The molecule has 0 atom stereocenters. The van der Waals surface area contributed by atoms with Crippen molar-refractivity contribution in [2.75, 3.05) is 20.4 Å². The zero-order valence-corrected chi connectivity index (χ0v) is 9.11. The number of nitrogens with zero attached hydrogens (tertiary/aromatic N) is 3. The van der Waals surface area contributed by atoms with Crippen LogP contribution in [0.1, 0.15) is 0 Å². The predicted molar refractivity (Wildman–Crippen MR) is 58.4 cm³/mol. The van der Waals surface area contributed by atoms with E-state index in [1.807, 2.05) is 0 Å². The molecule has 0 aliphatic carbocycles. The third-order valence-electron chi connectivity index (χ3n) is 1.97. The molecule has 0 radical (unpaired) electrons. The molecule has 0 aromatic rings. The highest BCUT2D eigenvalue weighted by Gasteiger charge is 2.26. The Morgan fingerprint density at radius 2 is 2.47 bits per heavy atom. The van der Waals surface area contributed by atoms with Crippen LogP contribution in [0.3, 0.4) is 0 Å². The number of aliphatic hydroxyl groups excluding tert-OH is 1. The van der Waals surface area contributed by atoms with E-state index < -0.39 is 0 Å². The van der Waals surface area contributed by atoms with Gasteiger partial charge in [0.05, 0.1) is 23.5 Å². The summed E-state index contributed by atoms with van der Waals surface area (Å²) < 4.78 is 4.97. The number of hydrazine groups is 2. The molecule has 2 aliphatic heterocycles. The molecule has 0 unspecified atom stereocenters. The van der Waals surface area contributed by atoms with Crippen molar-refractivity contribution >= 4 is 17.7 Å². The minimum absolute atomic E-state index is 0.0786. The van der Waals surface area contributed by atoms with Crippen LogP contribution in [0.5, 0.6) is 0 Å². The SMILES string of the molecule is COCN1C=C2N=C(S)C=C(CO)N2N1. The van der Waals surface area contributed by atoms with Crippen LogP contribution in [-0.4, -0.2) is 40.6 Å². The summed E-state index contributed by atoms with van der Waals surface area (Å²) in [7, 11) is 1.60. The van der Waals surface area contributed by atoms with E-state index in [0.717, 1.165) is 0 Å². The van der Waals surface area contributed by atoms with Crippen molar-refractivity contribution in [1.82, 2.24) is 15.6 Å². The lowest BCUT2D eigenvalue weighted by Gasteiger charge is -2.26. The fourth-order valence-corrected chi connectivity index (χ4v) is 1.63. The average Bonchev–Trinajstić information content (AvgIpc) is 2.59. The molecule has 0 spiro atoms. The maximum absolute atomic E-state index is 9.16. The monoisotopic (exact) mass is 228 g/mol. The Kier molecular flexibility index (Phi) is 2.96. The number of methoxy groups -OCH3 is 1. The summed E-state index contributed by atoms with van der Waals surface area (Å²) in [5, 5.41) is 13.1.